The van der Waals surface area contributed by atoms with Gasteiger partial charge in [-0.05, 0) is 54.4 Å². The number of carbonyl (C=O) groups excluding carboxylic acids is 3. The van der Waals surface area contributed by atoms with Crippen LogP contribution in [0.1, 0.15) is 5.56 Å². The van der Waals surface area contributed by atoms with Crippen LogP contribution in [0.15, 0.2) is 78.9 Å². The van der Waals surface area contributed by atoms with Crippen molar-refractivity contribution in [2.24, 2.45) is 5.41 Å². The number of hydrogen-bond donors (Lipinski definition) is 1. The van der Waals surface area contributed by atoms with Gasteiger partial charge in [-0.25, -0.2) is 9.69 Å². The Morgan fingerprint density at radius 3 is 2.33 bits per heavy atom. The maximum absolute atomic E-state index is 14.4. The maximum Gasteiger partial charge on any atom is 0.335 e. The van der Waals surface area contributed by atoms with Crippen LogP contribution in [-0.2, 0) is 16.0 Å². The number of para-hydroxylation sites is 2. The molecule has 36 heavy (non-hydrogen) atoms. The predicted molar refractivity (Wildman–Crippen MR) is 136 cm³/mol. The van der Waals surface area contributed by atoms with Crippen molar-refractivity contribution in [3.05, 3.63) is 84.4 Å². The second-order valence-electron chi connectivity index (χ2n) is 9.37. The molecule has 0 aliphatic carbocycles. The predicted octanol–water partition coefficient (Wildman–Crippen LogP) is 3.22. The number of methoxy groups -OCH3 is 1. The molecule has 2 fully saturated rings. The Balaban J connectivity index is 1.47. The van der Waals surface area contributed by atoms with Crippen molar-refractivity contribution < 1.29 is 19.1 Å². The Bertz CT molecular complexity index is 1340. The molecule has 182 valence electrons. The summed E-state index contributed by atoms with van der Waals surface area (Å²) in [6.45, 7) is 1.87. The Labute approximate surface area is 209 Å². The van der Waals surface area contributed by atoms with E-state index in [1.807, 2.05) is 54.6 Å². The topological polar surface area (TPSA) is 82.2 Å². The molecule has 3 aromatic rings. The minimum Gasteiger partial charge on any atom is -0.497 e. The molecule has 3 aliphatic heterocycles. The average Bonchev–Trinajstić information content (AvgIpc) is 2.92. The van der Waals surface area contributed by atoms with E-state index in [1.165, 1.54) is 0 Å². The monoisotopic (exact) mass is 482 g/mol. The lowest BCUT2D eigenvalue weighted by atomic mass is 9.67. The molecule has 0 aromatic heterocycles. The summed E-state index contributed by atoms with van der Waals surface area (Å²) in [4.78, 5) is 46.6. The molecule has 4 amide bonds. The van der Waals surface area contributed by atoms with E-state index in [-0.39, 0.29) is 6.42 Å². The summed E-state index contributed by atoms with van der Waals surface area (Å²) >= 11 is 0. The number of urea groups is 1. The fourth-order valence-electron chi connectivity index (χ4n) is 5.79. The summed E-state index contributed by atoms with van der Waals surface area (Å²) in [6.07, 6.45) is 0.220. The van der Waals surface area contributed by atoms with Gasteiger partial charge in [-0.15, -0.1) is 0 Å². The molecule has 6 rings (SSSR count). The highest BCUT2D eigenvalue weighted by Crippen LogP contribution is 2.46. The second-order valence-corrected chi connectivity index (χ2v) is 9.37. The van der Waals surface area contributed by atoms with Gasteiger partial charge in [-0.1, -0.05) is 36.4 Å². The van der Waals surface area contributed by atoms with Crippen LogP contribution in [0.4, 0.5) is 21.9 Å². The van der Waals surface area contributed by atoms with E-state index >= 15 is 0 Å². The van der Waals surface area contributed by atoms with Gasteiger partial charge in [0.1, 0.15) is 5.75 Å². The molecule has 3 aromatic carbocycles. The van der Waals surface area contributed by atoms with Gasteiger partial charge in [-0.3, -0.25) is 14.9 Å². The summed E-state index contributed by atoms with van der Waals surface area (Å²) in [6, 6.07) is 23.4. The SMILES string of the molecule is COc1ccc(N2C(=O)NC(=O)[C@@]3(Cc4ccccc4N4CCN(c5ccccc5)C[C@H]43)C2=O)cc1. The van der Waals surface area contributed by atoms with Crippen molar-refractivity contribution in [3.8, 4) is 5.75 Å². The lowest BCUT2D eigenvalue weighted by molar-refractivity contribution is -0.144. The van der Waals surface area contributed by atoms with Gasteiger partial charge in [0.25, 0.3) is 5.91 Å². The van der Waals surface area contributed by atoms with E-state index in [1.54, 1.807) is 31.4 Å². The number of rotatable bonds is 3. The van der Waals surface area contributed by atoms with E-state index < -0.39 is 29.3 Å². The molecule has 0 unspecified atom stereocenters. The highest BCUT2D eigenvalue weighted by molar-refractivity contribution is 6.30. The number of amides is 4. The molecule has 0 radical (unpaired) electrons. The standard InChI is InChI=1S/C28H26N4O4/c1-36-22-13-11-21(12-14-22)32-26(34)28(25(33)29-27(32)35)17-19-7-5-6-10-23(19)31-16-15-30(18-24(28)31)20-8-3-2-4-9-20/h2-14,24H,15-18H2,1H3,(H,29,33,35)/t24-,28-/m0/s1. The van der Waals surface area contributed by atoms with Crippen LogP contribution in [0.2, 0.25) is 0 Å². The third-order valence-corrected chi connectivity index (χ3v) is 7.58. The summed E-state index contributed by atoms with van der Waals surface area (Å²) in [5.41, 5.74) is 1.93. The number of fused-ring (bicyclic) bond motifs is 4. The molecule has 0 saturated carbocycles. The molecule has 1 N–H and O–H groups in total. The average molecular weight is 483 g/mol. The van der Waals surface area contributed by atoms with E-state index in [2.05, 4.69) is 15.1 Å². The van der Waals surface area contributed by atoms with Crippen molar-refractivity contribution in [2.45, 2.75) is 12.5 Å². The smallest absolute Gasteiger partial charge is 0.335 e. The minimum absolute atomic E-state index is 0.220. The number of barbiturate groups is 1. The van der Waals surface area contributed by atoms with Crippen molar-refractivity contribution in [3.63, 3.8) is 0 Å². The van der Waals surface area contributed by atoms with E-state index in [0.29, 0.717) is 24.5 Å². The summed E-state index contributed by atoms with van der Waals surface area (Å²) in [7, 11) is 1.55. The maximum atomic E-state index is 14.4. The van der Waals surface area contributed by atoms with Crippen LogP contribution in [0.5, 0.6) is 5.75 Å². The quantitative estimate of drug-likeness (QED) is 0.578. The van der Waals surface area contributed by atoms with Gasteiger partial charge >= 0.3 is 6.03 Å². The van der Waals surface area contributed by atoms with Crippen LogP contribution in [0, 0.1) is 5.41 Å². The molecule has 1 spiro atoms. The Hall–Kier alpha value is -4.33. The number of piperazine rings is 1. The molecule has 2 saturated heterocycles. The van der Waals surface area contributed by atoms with Crippen molar-refractivity contribution in [1.82, 2.24) is 5.32 Å². The molecular formula is C28H26N4O4. The molecule has 8 nitrogen and oxygen atoms in total. The van der Waals surface area contributed by atoms with E-state index in [4.69, 9.17) is 4.74 Å². The molecule has 3 aliphatic rings. The first-order valence-electron chi connectivity index (χ1n) is 12.0. The number of imide groups is 2. The van der Waals surface area contributed by atoms with Crippen LogP contribution in [0.25, 0.3) is 0 Å². The van der Waals surface area contributed by atoms with Gasteiger partial charge in [0, 0.05) is 31.0 Å². The van der Waals surface area contributed by atoms with Crippen LogP contribution in [-0.4, -0.2) is 50.6 Å². The van der Waals surface area contributed by atoms with Crippen LogP contribution < -0.4 is 24.8 Å². The van der Waals surface area contributed by atoms with Crippen molar-refractivity contribution >= 4 is 34.9 Å². The third-order valence-electron chi connectivity index (χ3n) is 7.58. The van der Waals surface area contributed by atoms with Gasteiger partial charge in [0.2, 0.25) is 5.91 Å². The van der Waals surface area contributed by atoms with Gasteiger partial charge in [-0.2, -0.15) is 0 Å². The fourth-order valence-corrected chi connectivity index (χ4v) is 5.79. The van der Waals surface area contributed by atoms with E-state index in [0.717, 1.165) is 28.4 Å². The Morgan fingerprint density at radius 2 is 1.58 bits per heavy atom. The van der Waals surface area contributed by atoms with Crippen LogP contribution >= 0.6 is 0 Å². The highest BCUT2D eigenvalue weighted by Gasteiger charge is 2.63. The third kappa shape index (κ3) is 3.25. The van der Waals surface area contributed by atoms with E-state index in [9.17, 15) is 14.4 Å². The number of carbonyl (C=O) groups is 3. The second kappa shape index (κ2) is 8.41. The first-order chi connectivity index (χ1) is 17.5. The zero-order chi connectivity index (χ0) is 24.9. The zero-order valence-electron chi connectivity index (χ0n) is 19.9. The zero-order valence-corrected chi connectivity index (χ0v) is 19.9. The number of nitrogens with one attached hydrogen (secondary N) is 1. The summed E-state index contributed by atoms with van der Waals surface area (Å²) < 4.78 is 5.23. The number of benzene rings is 3. The van der Waals surface area contributed by atoms with Gasteiger partial charge < -0.3 is 14.5 Å². The Morgan fingerprint density at radius 1 is 0.861 bits per heavy atom. The lowest BCUT2D eigenvalue weighted by Crippen LogP contribution is -2.75. The lowest BCUT2D eigenvalue weighted by Gasteiger charge is -2.55. The highest BCUT2D eigenvalue weighted by atomic mass is 16.5. The Kier molecular flexibility index (Phi) is 5.17. The number of anilines is 3. The molecule has 0 bridgehead atoms. The number of ether oxygens (including phenoxy) is 1. The van der Waals surface area contributed by atoms with Crippen molar-refractivity contribution in [1.29, 1.82) is 0 Å². The number of nitrogens with zero attached hydrogens (tertiary/aromatic N) is 3. The van der Waals surface area contributed by atoms with Gasteiger partial charge in [0.15, 0.2) is 5.41 Å². The first-order valence-corrected chi connectivity index (χ1v) is 12.0. The van der Waals surface area contributed by atoms with Crippen LogP contribution in [0.3, 0.4) is 0 Å². The summed E-state index contributed by atoms with van der Waals surface area (Å²) in [5, 5.41) is 2.52. The number of hydrogen-bond acceptors (Lipinski definition) is 6. The molecular weight excluding hydrogens is 456 g/mol. The molecule has 8 heteroatoms. The van der Waals surface area contributed by atoms with Crippen molar-refractivity contribution in [2.75, 3.05) is 41.4 Å². The molecule has 3 heterocycles. The fraction of sp³-hybridized carbons (Fsp3) is 0.250. The van der Waals surface area contributed by atoms with Gasteiger partial charge in [0.05, 0.1) is 18.8 Å². The first kappa shape index (κ1) is 22.2. The largest absolute Gasteiger partial charge is 0.497 e. The normalized spacial score (nSPS) is 23.3. The summed E-state index contributed by atoms with van der Waals surface area (Å²) in [5.74, 6) is -0.430. The molecule has 2 atom stereocenters. The minimum atomic E-state index is -1.46.